The number of ether oxygens (including phenoxy) is 1. The van der Waals surface area contributed by atoms with E-state index in [-0.39, 0.29) is 6.04 Å². The highest BCUT2D eigenvalue weighted by Crippen LogP contribution is 2.30. The van der Waals surface area contributed by atoms with Crippen molar-refractivity contribution in [2.75, 3.05) is 25.5 Å². The van der Waals surface area contributed by atoms with Crippen LogP contribution in [0.3, 0.4) is 0 Å². The minimum Gasteiger partial charge on any atom is -0.448 e. The molecule has 25 heavy (non-hydrogen) atoms. The van der Waals surface area contributed by atoms with Crippen LogP contribution in [0.1, 0.15) is 12.8 Å². The Bertz CT molecular complexity index is 749. The summed E-state index contributed by atoms with van der Waals surface area (Å²) in [5, 5.41) is 3.04. The fraction of sp³-hybridized carbons (Fsp3) is 0.316. The number of rotatable bonds is 4. The molecule has 0 unspecified atom stereocenters. The maximum absolute atomic E-state index is 13.6. The van der Waals surface area contributed by atoms with Gasteiger partial charge in [0.1, 0.15) is 12.4 Å². The Morgan fingerprint density at radius 2 is 2.16 bits per heavy atom. The van der Waals surface area contributed by atoms with E-state index in [9.17, 15) is 9.18 Å². The fourth-order valence-corrected chi connectivity index (χ4v) is 3.28. The molecule has 1 N–H and O–H groups in total. The van der Waals surface area contributed by atoms with Gasteiger partial charge < -0.3 is 9.64 Å². The van der Waals surface area contributed by atoms with Gasteiger partial charge in [-0.3, -0.25) is 5.32 Å². The summed E-state index contributed by atoms with van der Waals surface area (Å²) >= 11 is 5.94. The van der Waals surface area contributed by atoms with Gasteiger partial charge in [-0.15, -0.1) is 0 Å². The van der Waals surface area contributed by atoms with Gasteiger partial charge in [-0.05, 0) is 56.3 Å². The molecular formula is C19H20ClFN2O2. The van der Waals surface area contributed by atoms with Gasteiger partial charge in [0.2, 0.25) is 0 Å². The number of amides is 1. The predicted octanol–water partition coefficient (Wildman–Crippen LogP) is 4.79. The fourth-order valence-electron chi connectivity index (χ4n) is 3.06. The quantitative estimate of drug-likeness (QED) is 0.850. The molecule has 4 nitrogen and oxygen atoms in total. The zero-order valence-electron chi connectivity index (χ0n) is 14.0. The third-order valence-corrected chi connectivity index (χ3v) is 4.63. The van der Waals surface area contributed by atoms with Crippen molar-refractivity contribution in [3.63, 3.8) is 0 Å². The minimum absolute atomic E-state index is 0.267. The Morgan fingerprint density at radius 1 is 1.36 bits per heavy atom. The third-order valence-electron chi connectivity index (χ3n) is 4.42. The highest BCUT2D eigenvalue weighted by Gasteiger charge is 2.22. The molecule has 2 aromatic rings. The van der Waals surface area contributed by atoms with E-state index in [0.717, 1.165) is 19.4 Å². The van der Waals surface area contributed by atoms with Crippen LogP contribution < -0.4 is 5.32 Å². The lowest BCUT2D eigenvalue weighted by molar-refractivity contribution is 0.127. The number of benzene rings is 2. The number of nitrogens with one attached hydrogen (secondary N) is 1. The largest absolute Gasteiger partial charge is 0.448 e. The van der Waals surface area contributed by atoms with Crippen LogP contribution in [0.15, 0.2) is 42.5 Å². The molecule has 1 amide bonds. The van der Waals surface area contributed by atoms with Crippen molar-refractivity contribution in [3.05, 3.63) is 53.3 Å². The number of anilines is 1. The number of hydrogen-bond donors (Lipinski definition) is 1. The normalized spacial score (nSPS) is 17.5. The lowest BCUT2D eigenvalue weighted by Gasteiger charge is -2.19. The number of nitrogens with zero attached hydrogens (tertiary/aromatic N) is 1. The topological polar surface area (TPSA) is 41.6 Å². The predicted molar refractivity (Wildman–Crippen MR) is 97.5 cm³/mol. The van der Waals surface area contributed by atoms with Crippen molar-refractivity contribution in [1.82, 2.24) is 4.90 Å². The van der Waals surface area contributed by atoms with Gasteiger partial charge >= 0.3 is 6.09 Å². The summed E-state index contributed by atoms with van der Waals surface area (Å²) in [5.74, 6) is -0.427. The van der Waals surface area contributed by atoms with Gasteiger partial charge in [0.25, 0.3) is 0 Å². The van der Waals surface area contributed by atoms with E-state index in [4.69, 9.17) is 16.3 Å². The maximum atomic E-state index is 13.6. The lowest BCUT2D eigenvalue weighted by atomic mass is 10.0. The molecule has 1 atom stereocenters. The molecule has 0 saturated carbocycles. The average molecular weight is 363 g/mol. The van der Waals surface area contributed by atoms with Gasteiger partial charge in [-0.2, -0.15) is 0 Å². The SMILES string of the molecule is CN1CCC[C@H]1COC(=O)Nc1ccccc1-c1cc(F)cc(Cl)c1. The zero-order valence-corrected chi connectivity index (χ0v) is 14.7. The first kappa shape index (κ1) is 17.7. The molecule has 1 heterocycles. The van der Waals surface area contributed by atoms with Gasteiger partial charge in [0.15, 0.2) is 0 Å². The monoisotopic (exact) mass is 362 g/mol. The first-order valence-corrected chi connectivity index (χ1v) is 8.60. The number of likely N-dealkylation sites (N-methyl/N-ethyl adjacent to an activating group) is 1. The summed E-state index contributed by atoms with van der Waals surface area (Å²) < 4.78 is 19.0. The Morgan fingerprint density at radius 3 is 2.88 bits per heavy atom. The van der Waals surface area contributed by atoms with Crippen LogP contribution in [0, 0.1) is 5.82 Å². The van der Waals surface area contributed by atoms with E-state index in [1.807, 2.05) is 13.1 Å². The second kappa shape index (κ2) is 7.85. The summed E-state index contributed by atoms with van der Waals surface area (Å²) in [5.41, 5.74) is 1.82. The van der Waals surface area contributed by atoms with Crippen LogP contribution in [0.5, 0.6) is 0 Å². The van der Waals surface area contributed by atoms with Crippen LogP contribution in [-0.2, 0) is 4.74 Å². The van der Waals surface area contributed by atoms with Crippen LogP contribution >= 0.6 is 11.6 Å². The Kier molecular flexibility index (Phi) is 5.56. The van der Waals surface area contributed by atoms with Crippen molar-refractivity contribution >= 4 is 23.4 Å². The molecule has 1 aliphatic heterocycles. The molecule has 0 radical (unpaired) electrons. The van der Waals surface area contributed by atoms with Crippen molar-refractivity contribution in [2.45, 2.75) is 18.9 Å². The van der Waals surface area contributed by atoms with E-state index in [1.54, 1.807) is 24.3 Å². The number of likely N-dealkylation sites (tertiary alicyclic amines) is 1. The third kappa shape index (κ3) is 4.50. The van der Waals surface area contributed by atoms with Crippen molar-refractivity contribution < 1.29 is 13.9 Å². The standard InChI is InChI=1S/C19H20ClFN2O2/c1-23-8-4-5-16(23)12-25-19(24)22-18-7-3-2-6-17(18)13-9-14(20)11-15(21)10-13/h2-3,6-7,9-11,16H,4-5,8,12H2,1H3,(H,22,24)/t16-/m0/s1. The lowest BCUT2D eigenvalue weighted by Crippen LogP contribution is -2.31. The average Bonchev–Trinajstić information content (AvgIpc) is 2.97. The molecule has 1 fully saturated rings. The molecule has 0 aliphatic carbocycles. The van der Waals surface area contributed by atoms with E-state index in [0.29, 0.717) is 28.4 Å². The second-order valence-corrected chi connectivity index (χ2v) is 6.64. The first-order valence-electron chi connectivity index (χ1n) is 8.22. The summed E-state index contributed by atoms with van der Waals surface area (Å²) in [6.45, 7) is 1.38. The highest BCUT2D eigenvalue weighted by molar-refractivity contribution is 6.30. The van der Waals surface area contributed by atoms with Crippen LogP contribution in [0.2, 0.25) is 5.02 Å². The molecule has 0 spiro atoms. The van der Waals surface area contributed by atoms with Crippen LogP contribution in [0.4, 0.5) is 14.9 Å². The van der Waals surface area contributed by atoms with E-state index >= 15 is 0 Å². The van der Waals surface area contributed by atoms with Crippen LogP contribution in [-0.4, -0.2) is 37.2 Å². The van der Waals surface area contributed by atoms with E-state index in [1.165, 1.54) is 12.1 Å². The number of carbonyl (C=O) groups excluding carboxylic acids is 1. The highest BCUT2D eigenvalue weighted by atomic mass is 35.5. The number of para-hydroxylation sites is 1. The summed E-state index contributed by atoms with van der Waals surface area (Å²) in [6, 6.07) is 11.7. The Labute approximate surface area is 151 Å². The summed E-state index contributed by atoms with van der Waals surface area (Å²) in [6.07, 6.45) is 1.63. The molecular weight excluding hydrogens is 343 g/mol. The Balaban J connectivity index is 1.71. The maximum Gasteiger partial charge on any atom is 0.411 e. The van der Waals surface area contributed by atoms with Crippen molar-refractivity contribution in [2.24, 2.45) is 0 Å². The first-order chi connectivity index (χ1) is 12.0. The smallest absolute Gasteiger partial charge is 0.411 e. The number of carbonyl (C=O) groups is 1. The Hall–Kier alpha value is -2.11. The van der Waals surface area contributed by atoms with Crippen molar-refractivity contribution in [3.8, 4) is 11.1 Å². The number of halogens is 2. The van der Waals surface area contributed by atoms with Gasteiger partial charge in [-0.1, -0.05) is 29.8 Å². The number of hydrogen-bond acceptors (Lipinski definition) is 3. The molecule has 3 rings (SSSR count). The second-order valence-electron chi connectivity index (χ2n) is 6.20. The molecule has 2 aromatic carbocycles. The van der Waals surface area contributed by atoms with Crippen molar-refractivity contribution in [1.29, 1.82) is 0 Å². The molecule has 1 aliphatic rings. The minimum atomic E-state index is -0.518. The van der Waals surface area contributed by atoms with Crippen LogP contribution in [0.25, 0.3) is 11.1 Å². The zero-order chi connectivity index (χ0) is 17.8. The van der Waals surface area contributed by atoms with Gasteiger partial charge in [-0.25, -0.2) is 9.18 Å². The molecule has 1 saturated heterocycles. The van der Waals surface area contributed by atoms with Gasteiger partial charge in [0, 0.05) is 16.6 Å². The summed E-state index contributed by atoms with van der Waals surface area (Å²) in [7, 11) is 2.03. The molecule has 6 heteroatoms. The summed E-state index contributed by atoms with van der Waals surface area (Å²) in [4.78, 5) is 14.3. The molecule has 0 aromatic heterocycles. The van der Waals surface area contributed by atoms with E-state index < -0.39 is 11.9 Å². The molecule has 0 bridgehead atoms. The molecule has 132 valence electrons. The van der Waals surface area contributed by atoms with E-state index in [2.05, 4.69) is 10.2 Å². The van der Waals surface area contributed by atoms with Gasteiger partial charge in [0.05, 0.1) is 5.69 Å².